The molecule has 1 saturated heterocycles. The standard InChI is InChI=1S/C15H15NO2/c16-11-13(10-12-6-2-1-3-7-12)15(17)14-8-4-5-9-18-14/h1-3,6-7,10,14H,4-5,8-9H2/b13-10+. The van der Waals surface area contributed by atoms with Crippen molar-refractivity contribution in [2.75, 3.05) is 6.61 Å². The molecule has 1 aliphatic rings. The van der Waals surface area contributed by atoms with E-state index in [0.717, 1.165) is 18.4 Å². The van der Waals surface area contributed by atoms with Gasteiger partial charge in [-0.3, -0.25) is 4.79 Å². The van der Waals surface area contributed by atoms with Gasteiger partial charge in [0.05, 0.1) is 5.57 Å². The molecule has 1 unspecified atom stereocenters. The Morgan fingerprint density at radius 3 is 2.72 bits per heavy atom. The molecule has 92 valence electrons. The lowest BCUT2D eigenvalue weighted by Crippen LogP contribution is -2.29. The summed E-state index contributed by atoms with van der Waals surface area (Å²) in [4.78, 5) is 12.1. The van der Waals surface area contributed by atoms with E-state index in [9.17, 15) is 4.79 Å². The topological polar surface area (TPSA) is 50.1 Å². The second-order valence-electron chi connectivity index (χ2n) is 4.30. The van der Waals surface area contributed by atoms with Crippen LogP contribution in [0.5, 0.6) is 0 Å². The number of hydrogen-bond acceptors (Lipinski definition) is 3. The molecule has 0 saturated carbocycles. The normalized spacial score (nSPS) is 20.2. The lowest BCUT2D eigenvalue weighted by atomic mass is 9.99. The molecule has 3 heteroatoms. The van der Waals surface area contributed by atoms with Crippen molar-refractivity contribution in [2.24, 2.45) is 0 Å². The third-order valence-electron chi connectivity index (χ3n) is 2.97. The zero-order chi connectivity index (χ0) is 12.8. The minimum Gasteiger partial charge on any atom is -0.370 e. The maximum Gasteiger partial charge on any atom is 0.202 e. The molecule has 1 aromatic carbocycles. The molecule has 0 aliphatic carbocycles. The van der Waals surface area contributed by atoms with Crippen LogP contribution in [-0.2, 0) is 9.53 Å². The van der Waals surface area contributed by atoms with Crippen molar-refractivity contribution in [3.63, 3.8) is 0 Å². The number of nitrogens with zero attached hydrogens (tertiary/aromatic N) is 1. The van der Waals surface area contributed by atoms with Crippen molar-refractivity contribution in [3.05, 3.63) is 41.5 Å². The van der Waals surface area contributed by atoms with Crippen LogP contribution in [0, 0.1) is 11.3 Å². The van der Waals surface area contributed by atoms with Gasteiger partial charge >= 0.3 is 0 Å². The molecule has 0 N–H and O–H groups in total. The van der Waals surface area contributed by atoms with E-state index < -0.39 is 6.10 Å². The van der Waals surface area contributed by atoms with Gasteiger partial charge in [-0.15, -0.1) is 0 Å². The van der Waals surface area contributed by atoms with E-state index in [1.165, 1.54) is 0 Å². The van der Waals surface area contributed by atoms with Crippen molar-refractivity contribution in [3.8, 4) is 6.07 Å². The monoisotopic (exact) mass is 241 g/mol. The van der Waals surface area contributed by atoms with Gasteiger partial charge in [0.1, 0.15) is 12.2 Å². The number of benzene rings is 1. The van der Waals surface area contributed by atoms with Gasteiger partial charge in [-0.25, -0.2) is 0 Å². The lowest BCUT2D eigenvalue weighted by molar-refractivity contribution is -0.128. The largest absolute Gasteiger partial charge is 0.370 e. The molecule has 0 spiro atoms. The number of rotatable bonds is 3. The van der Waals surface area contributed by atoms with E-state index in [-0.39, 0.29) is 11.4 Å². The molecule has 1 atom stereocenters. The van der Waals surface area contributed by atoms with Crippen LogP contribution in [0.2, 0.25) is 0 Å². The van der Waals surface area contributed by atoms with E-state index in [1.807, 2.05) is 36.4 Å². The number of ketones is 1. The first kappa shape index (κ1) is 12.5. The average molecular weight is 241 g/mol. The van der Waals surface area contributed by atoms with Gasteiger partial charge in [-0.2, -0.15) is 5.26 Å². The second kappa shape index (κ2) is 6.13. The van der Waals surface area contributed by atoms with Crippen LogP contribution in [0.4, 0.5) is 0 Å². The Morgan fingerprint density at radius 2 is 2.11 bits per heavy atom. The molecule has 1 heterocycles. The summed E-state index contributed by atoms with van der Waals surface area (Å²) in [5.41, 5.74) is 1.03. The summed E-state index contributed by atoms with van der Waals surface area (Å²) in [5, 5.41) is 9.09. The van der Waals surface area contributed by atoms with Gasteiger partial charge in [0.15, 0.2) is 0 Å². The van der Waals surface area contributed by atoms with E-state index in [0.29, 0.717) is 13.0 Å². The summed E-state index contributed by atoms with van der Waals surface area (Å²) in [5.74, 6) is -0.193. The average Bonchev–Trinajstić information content (AvgIpc) is 2.46. The molecule has 3 nitrogen and oxygen atoms in total. The SMILES string of the molecule is N#C/C(=C\c1ccccc1)C(=O)C1CCCCO1. The molecule has 2 rings (SSSR count). The predicted molar refractivity (Wildman–Crippen MR) is 68.6 cm³/mol. The Hall–Kier alpha value is -1.92. The van der Waals surface area contributed by atoms with E-state index >= 15 is 0 Å². The van der Waals surface area contributed by atoms with Gasteiger partial charge in [0, 0.05) is 6.61 Å². The van der Waals surface area contributed by atoms with Crippen molar-refractivity contribution in [1.29, 1.82) is 5.26 Å². The molecule has 1 fully saturated rings. The third-order valence-corrected chi connectivity index (χ3v) is 2.97. The Morgan fingerprint density at radius 1 is 1.33 bits per heavy atom. The fraction of sp³-hybridized carbons (Fsp3) is 0.333. The number of ether oxygens (including phenoxy) is 1. The van der Waals surface area contributed by atoms with Crippen LogP contribution >= 0.6 is 0 Å². The lowest BCUT2D eigenvalue weighted by Gasteiger charge is -2.20. The van der Waals surface area contributed by atoms with Crippen LogP contribution in [0.1, 0.15) is 24.8 Å². The van der Waals surface area contributed by atoms with E-state index in [1.54, 1.807) is 6.08 Å². The van der Waals surface area contributed by atoms with Crippen molar-refractivity contribution < 1.29 is 9.53 Å². The molecule has 1 aromatic rings. The molecule has 0 aromatic heterocycles. The fourth-order valence-corrected chi connectivity index (χ4v) is 2.00. The first-order valence-electron chi connectivity index (χ1n) is 6.14. The third kappa shape index (κ3) is 3.06. The van der Waals surface area contributed by atoms with Crippen LogP contribution in [0.25, 0.3) is 6.08 Å². The fourth-order valence-electron chi connectivity index (χ4n) is 2.00. The molecule has 1 aliphatic heterocycles. The van der Waals surface area contributed by atoms with Gasteiger partial charge in [-0.05, 0) is 30.9 Å². The summed E-state index contributed by atoms with van der Waals surface area (Å²) in [6.45, 7) is 0.612. The number of hydrogen-bond donors (Lipinski definition) is 0. The summed E-state index contributed by atoms with van der Waals surface area (Å²) >= 11 is 0. The highest BCUT2D eigenvalue weighted by atomic mass is 16.5. The summed E-state index contributed by atoms with van der Waals surface area (Å²) in [6.07, 6.45) is 3.88. The molecule has 0 amide bonds. The van der Waals surface area contributed by atoms with E-state index in [2.05, 4.69) is 0 Å². The first-order chi connectivity index (χ1) is 8.81. The van der Waals surface area contributed by atoms with Gasteiger partial charge in [0.2, 0.25) is 5.78 Å². The van der Waals surface area contributed by atoms with Crippen LogP contribution in [-0.4, -0.2) is 18.5 Å². The Balaban J connectivity index is 2.16. The quantitative estimate of drug-likeness (QED) is 0.604. The Kier molecular flexibility index (Phi) is 4.27. The highest BCUT2D eigenvalue weighted by Crippen LogP contribution is 2.18. The number of Topliss-reactive ketones (excluding diaryl/α,β-unsaturated/α-hetero) is 1. The van der Waals surface area contributed by atoms with E-state index in [4.69, 9.17) is 10.00 Å². The maximum absolute atomic E-state index is 12.1. The summed E-state index contributed by atoms with van der Waals surface area (Å²) in [7, 11) is 0. The van der Waals surface area contributed by atoms with Crippen LogP contribution in [0.15, 0.2) is 35.9 Å². The van der Waals surface area contributed by atoms with Crippen molar-refractivity contribution >= 4 is 11.9 Å². The zero-order valence-corrected chi connectivity index (χ0v) is 10.1. The maximum atomic E-state index is 12.1. The number of carbonyl (C=O) groups is 1. The molecular formula is C15H15NO2. The Bertz CT molecular complexity index is 479. The van der Waals surface area contributed by atoms with Gasteiger partial charge in [-0.1, -0.05) is 30.3 Å². The minimum absolute atomic E-state index is 0.174. The van der Waals surface area contributed by atoms with Gasteiger partial charge in [0.25, 0.3) is 0 Å². The highest BCUT2D eigenvalue weighted by molar-refractivity contribution is 6.06. The molecule has 0 radical (unpaired) electrons. The van der Waals surface area contributed by atoms with Crippen molar-refractivity contribution in [1.82, 2.24) is 0 Å². The minimum atomic E-state index is -0.437. The second-order valence-corrected chi connectivity index (χ2v) is 4.30. The smallest absolute Gasteiger partial charge is 0.202 e. The predicted octanol–water partition coefficient (Wildman–Crippen LogP) is 2.73. The summed E-state index contributed by atoms with van der Waals surface area (Å²) < 4.78 is 5.42. The molecule has 0 bridgehead atoms. The first-order valence-corrected chi connectivity index (χ1v) is 6.14. The van der Waals surface area contributed by atoms with Crippen LogP contribution in [0.3, 0.4) is 0 Å². The number of nitriles is 1. The van der Waals surface area contributed by atoms with Crippen LogP contribution < -0.4 is 0 Å². The van der Waals surface area contributed by atoms with Gasteiger partial charge < -0.3 is 4.74 Å². The molecular weight excluding hydrogens is 226 g/mol. The summed E-state index contributed by atoms with van der Waals surface area (Å²) in [6, 6.07) is 11.4. The highest BCUT2D eigenvalue weighted by Gasteiger charge is 2.24. The van der Waals surface area contributed by atoms with Crippen molar-refractivity contribution in [2.45, 2.75) is 25.4 Å². The Labute approximate surface area is 107 Å². The molecule has 18 heavy (non-hydrogen) atoms. The zero-order valence-electron chi connectivity index (χ0n) is 10.1. The number of carbonyl (C=O) groups excluding carboxylic acids is 1.